The van der Waals surface area contributed by atoms with E-state index >= 15 is 0 Å². The summed E-state index contributed by atoms with van der Waals surface area (Å²) in [6.45, 7) is 19.0. The monoisotopic (exact) mass is 1630 g/mol. The second-order valence-electron chi connectivity index (χ2n) is 38.9. The molecule has 5 rings (SSSR count). The molecule has 1 spiro atoms. The number of nitrogens with zero attached hydrogens (tertiary/aromatic N) is 4. The van der Waals surface area contributed by atoms with Crippen molar-refractivity contribution >= 4 is 0 Å². The number of quaternary nitrogens is 4. The maximum Gasteiger partial charge on any atom is 0.131 e. The summed E-state index contributed by atoms with van der Waals surface area (Å²) in [7, 11) is 26.6. The molecule has 0 N–H and O–H groups in total. The number of hydrogen-bond donors (Lipinski definition) is 0. The van der Waals surface area contributed by atoms with Crippen LogP contribution in [0.25, 0.3) is 0 Å². The van der Waals surface area contributed by atoms with E-state index in [-0.39, 0.29) is 57.1 Å². The van der Waals surface area contributed by atoms with Gasteiger partial charge in [0.15, 0.2) is 0 Å². The molecule has 654 valence electrons. The molecule has 0 saturated heterocycles. The SMILES string of the molecule is C.CCCCCCC1C=C[C@@H](CCCCCCCCOOCC[N+](C)(C)C)C(/C=C2\CCCCCCC2COOCC[N+](C)(C)C)C1CCCCCC.CCCCCCC1CC[C@]2(CCCCCCC2COOCC[N+](C)(C)C)C(CC2CCCCCCC2COOCC[N+](C)(C)C)C1CCCCCC.[Cl-].[Cl-].[Cl-].[Cl-]. The topological polar surface area (TPSA) is 73.8 Å². The maximum absolute atomic E-state index is 6.31. The van der Waals surface area contributed by atoms with Crippen molar-refractivity contribution in [2.45, 2.75) is 343 Å². The van der Waals surface area contributed by atoms with Gasteiger partial charge in [-0.25, -0.2) is 39.1 Å². The molecular weight excluding hydrogens is 1440 g/mol. The molecule has 0 bridgehead atoms. The van der Waals surface area contributed by atoms with Gasteiger partial charge < -0.3 is 67.6 Å². The van der Waals surface area contributed by atoms with Crippen molar-refractivity contribution in [3.8, 4) is 0 Å². The van der Waals surface area contributed by atoms with Gasteiger partial charge >= 0.3 is 0 Å². The number of halogens is 4. The van der Waals surface area contributed by atoms with Crippen LogP contribution in [0.5, 0.6) is 0 Å². The second-order valence-corrected chi connectivity index (χ2v) is 38.9. The molecule has 12 nitrogen and oxygen atoms in total. The molecule has 5 aliphatic rings. The second kappa shape index (κ2) is 66.0. The third kappa shape index (κ3) is 51.3. The van der Waals surface area contributed by atoms with E-state index in [0.717, 1.165) is 99.3 Å². The van der Waals surface area contributed by atoms with E-state index < -0.39 is 0 Å². The van der Waals surface area contributed by atoms with Gasteiger partial charge in [0.25, 0.3) is 0 Å². The first-order chi connectivity index (χ1) is 50.0. The molecular formula is C93H186Cl4N4O8. The van der Waals surface area contributed by atoms with Gasteiger partial charge in [0.2, 0.25) is 0 Å². The fraction of sp³-hybridized carbons (Fsp3) is 0.957. The molecule has 16 heteroatoms. The van der Waals surface area contributed by atoms with Crippen molar-refractivity contribution < 1.29 is 107 Å². The fourth-order valence-corrected chi connectivity index (χ4v) is 19.0. The molecule has 109 heavy (non-hydrogen) atoms. The number of allylic oxidation sites excluding steroid dienone is 3. The molecule has 5 aliphatic carbocycles. The minimum absolute atomic E-state index is 0. The fourth-order valence-electron chi connectivity index (χ4n) is 19.0. The third-order valence-electron chi connectivity index (χ3n) is 25.7. The lowest BCUT2D eigenvalue weighted by Crippen LogP contribution is -3.00. The van der Waals surface area contributed by atoms with E-state index in [4.69, 9.17) is 39.1 Å². The van der Waals surface area contributed by atoms with Crippen molar-refractivity contribution in [3.05, 3.63) is 23.8 Å². The van der Waals surface area contributed by atoms with Crippen LogP contribution in [-0.2, 0) is 39.1 Å². The lowest BCUT2D eigenvalue weighted by Gasteiger charge is -2.57. The van der Waals surface area contributed by atoms with E-state index in [0.29, 0.717) is 74.6 Å². The minimum atomic E-state index is 0. The highest BCUT2D eigenvalue weighted by molar-refractivity contribution is 5.17. The summed E-state index contributed by atoms with van der Waals surface area (Å²) >= 11 is 0. The summed E-state index contributed by atoms with van der Waals surface area (Å²) in [4.78, 5) is 47.0. The molecule has 0 aromatic carbocycles. The van der Waals surface area contributed by atoms with E-state index in [1.807, 2.05) is 0 Å². The highest BCUT2D eigenvalue weighted by Gasteiger charge is 2.53. The highest BCUT2D eigenvalue weighted by Crippen LogP contribution is 2.61. The number of rotatable bonds is 54. The average Bonchev–Trinajstić information content (AvgIpc) is 0.749. The van der Waals surface area contributed by atoms with Crippen LogP contribution >= 0.6 is 0 Å². The molecule has 10 unspecified atom stereocenters. The van der Waals surface area contributed by atoms with Gasteiger partial charge in [-0.3, -0.25) is 0 Å². The van der Waals surface area contributed by atoms with Crippen LogP contribution in [0.2, 0.25) is 0 Å². The van der Waals surface area contributed by atoms with Gasteiger partial charge in [0.05, 0.1) is 111 Å². The zero-order valence-corrected chi connectivity index (χ0v) is 77.1. The van der Waals surface area contributed by atoms with Gasteiger partial charge in [-0.1, -0.05) is 277 Å². The molecule has 0 aliphatic heterocycles. The van der Waals surface area contributed by atoms with Crippen molar-refractivity contribution in [1.82, 2.24) is 0 Å². The van der Waals surface area contributed by atoms with Gasteiger partial charge in [-0.05, 0) is 154 Å². The van der Waals surface area contributed by atoms with Crippen molar-refractivity contribution in [3.63, 3.8) is 0 Å². The lowest BCUT2D eigenvalue weighted by molar-refractivity contribution is -0.871. The first-order valence-electron chi connectivity index (χ1n) is 45.6. The molecule has 12 atom stereocenters. The smallest absolute Gasteiger partial charge is 0.131 e. The van der Waals surface area contributed by atoms with Gasteiger partial charge in [-0.15, -0.1) is 0 Å². The zero-order valence-electron chi connectivity index (χ0n) is 74.1. The summed E-state index contributed by atoms with van der Waals surface area (Å²) in [6.07, 6.45) is 73.6. The maximum atomic E-state index is 6.31. The molecule has 0 heterocycles. The van der Waals surface area contributed by atoms with Gasteiger partial charge in [-0.2, -0.15) is 0 Å². The first kappa shape index (κ1) is 111. The Morgan fingerprint density at radius 2 is 0.752 bits per heavy atom. The van der Waals surface area contributed by atoms with Crippen LogP contribution in [-0.4, -0.2) is 182 Å². The molecule has 0 radical (unpaired) electrons. The van der Waals surface area contributed by atoms with Crippen molar-refractivity contribution in [2.75, 3.05) is 164 Å². The van der Waals surface area contributed by atoms with E-state index in [9.17, 15) is 0 Å². The molecule has 0 amide bonds. The predicted octanol–water partition coefficient (Wildman–Crippen LogP) is 12.4. The average molecular weight is 1630 g/mol. The summed E-state index contributed by atoms with van der Waals surface area (Å²) in [6, 6.07) is 0. The quantitative estimate of drug-likeness (QED) is 0.0196. The van der Waals surface area contributed by atoms with Crippen molar-refractivity contribution in [2.24, 2.45) is 70.5 Å². The van der Waals surface area contributed by atoms with Crippen LogP contribution in [0, 0.1) is 70.5 Å². The first-order valence-corrected chi connectivity index (χ1v) is 45.6. The summed E-state index contributed by atoms with van der Waals surface area (Å²) in [5.41, 5.74) is 2.07. The van der Waals surface area contributed by atoms with Gasteiger partial charge in [0, 0.05) is 5.92 Å². The number of unbranched alkanes of at least 4 members (excludes halogenated alkanes) is 17. The normalized spacial score (nSPS) is 25.7. The molecule has 0 aromatic heterocycles. The molecule has 4 saturated carbocycles. The number of likely N-dealkylation sites (N-methyl/N-ethyl adjacent to an activating group) is 4. The van der Waals surface area contributed by atoms with Crippen LogP contribution in [0.4, 0.5) is 0 Å². The van der Waals surface area contributed by atoms with E-state index in [1.165, 1.54) is 302 Å². The Morgan fingerprint density at radius 1 is 0.349 bits per heavy atom. The summed E-state index contributed by atoms with van der Waals surface area (Å²) < 4.78 is 3.62. The highest BCUT2D eigenvalue weighted by atomic mass is 35.5. The van der Waals surface area contributed by atoms with Crippen LogP contribution in [0.3, 0.4) is 0 Å². The standard InChI is InChI=1S/C46H92N2O4.C46H90N2O4.CH4.4ClH/c1-9-11-13-19-25-40-30-32-46(31-24-18-17-22-28-43(46)39-52-50-36-34-48(6,7)8)45(44(40)29-23-14-12-10-2)37-41-26-20-15-16-21-27-42(41)38-51-49-35-33-47(3,4)5;1-9-11-13-21-27-41-32-33-42(28-22-17-15-16-20-26-36-49-50-37-34-47(3,4)5)46(45(41)31-25-14-12-10-2)39-43-29-23-18-19-24-30-44(43)40-52-51-38-35-48(6,7)8;;;;;/h40-45H,9-39H2,1-8H3;32-33,39,41-42,44-46H,9-31,34-38,40H2,1-8H3;1H4;4*1H/q2*+2;;;;;/p-4/b;43-39+;;;;;/t40?,41?,42?,43?,44?,45?,46-;41?,42-,44?,45?,46?;;;;;/m01...../s1. The van der Waals surface area contributed by atoms with Crippen LogP contribution < -0.4 is 49.6 Å². The van der Waals surface area contributed by atoms with Crippen LogP contribution in [0.1, 0.15) is 343 Å². The summed E-state index contributed by atoms with van der Waals surface area (Å²) in [5.74, 6) is 7.79. The Kier molecular flexibility index (Phi) is 67.4. The largest absolute Gasteiger partial charge is 1.00 e. The predicted molar refractivity (Wildman–Crippen MR) is 448 cm³/mol. The third-order valence-corrected chi connectivity index (χ3v) is 25.7. The summed E-state index contributed by atoms with van der Waals surface area (Å²) in [5, 5.41) is 0. The molecule has 4 fully saturated rings. The van der Waals surface area contributed by atoms with E-state index in [2.05, 4.69) is 130 Å². The van der Waals surface area contributed by atoms with Gasteiger partial charge in [0.1, 0.15) is 52.6 Å². The Morgan fingerprint density at radius 3 is 1.29 bits per heavy atom. The number of hydrogen-bond acceptors (Lipinski definition) is 8. The zero-order chi connectivity index (χ0) is 75.6. The van der Waals surface area contributed by atoms with Crippen molar-refractivity contribution in [1.29, 1.82) is 0 Å². The molecule has 0 aromatic rings. The Hall–Kier alpha value is 0.160. The Labute approximate surface area is 703 Å². The Bertz CT molecular complexity index is 2110. The minimum Gasteiger partial charge on any atom is -1.00 e. The Balaban J connectivity index is 0. The lowest BCUT2D eigenvalue weighted by atomic mass is 9.48. The van der Waals surface area contributed by atoms with Crippen LogP contribution in [0.15, 0.2) is 23.8 Å². The van der Waals surface area contributed by atoms with E-state index in [1.54, 1.807) is 5.57 Å².